The Balaban J connectivity index is 0.000000433. The van der Waals surface area contributed by atoms with Gasteiger partial charge in [-0.1, -0.05) is 63.1 Å². The number of carbonyl (C=O) groups is 2. The second-order valence-corrected chi connectivity index (χ2v) is 9.01. The molecular weight excluding hydrogens is 424 g/mol. The second-order valence-electron chi connectivity index (χ2n) is 8.58. The van der Waals surface area contributed by atoms with Crippen LogP contribution >= 0.6 is 11.6 Å². The molecule has 2 aromatic carbocycles. The van der Waals surface area contributed by atoms with Crippen LogP contribution in [0.2, 0.25) is 5.02 Å². The van der Waals surface area contributed by atoms with Crippen molar-refractivity contribution < 1.29 is 14.7 Å². The number of carbonyl (C=O) groups excluding carboxylic acids is 2. The van der Waals surface area contributed by atoms with Crippen molar-refractivity contribution in [2.24, 2.45) is 5.92 Å². The van der Waals surface area contributed by atoms with Crippen molar-refractivity contribution in [2.45, 2.75) is 72.4 Å². The number of hydrogen-bond donors (Lipinski definition) is 3. The molecule has 2 unspecified atom stereocenters. The number of benzene rings is 2. The lowest BCUT2D eigenvalue weighted by atomic mass is 9.90. The van der Waals surface area contributed by atoms with Crippen molar-refractivity contribution in [1.82, 2.24) is 5.32 Å². The number of anilines is 1. The molecule has 0 aliphatic heterocycles. The van der Waals surface area contributed by atoms with E-state index in [2.05, 4.69) is 24.5 Å². The summed E-state index contributed by atoms with van der Waals surface area (Å²) in [7, 11) is 0. The molecule has 3 N–H and O–H groups in total. The van der Waals surface area contributed by atoms with E-state index < -0.39 is 5.60 Å². The highest BCUT2D eigenvalue weighted by atomic mass is 35.5. The Morgan fingerprint density at radius 1 is 1.03 bits per heavy atom. The number of ketones is 1. The fourth-order valence-corrected chi connectivity index (χ4v) is 3.12. The summed E-state index contributed by atoms with van der Waals surface area (Å²) in [4.78, 5) is 22.8. The van der Waals surface area contributed by atoms with Crippen molar-refractivity contribution in [3.63, 3.8) is 0 Å². The molecule has 176 valence electrons. The summed E-state index contributed by atoms with van der Waals surface area (Å²) in [5, 5.41) is 15.8. The average Bonchev–Trinajstić information content (AvgIpc) is 2.74. The molecule has 0 aliphatic carbocycles. The first kappa shape index (κ1) is 27.7. The molecule has 2 atom stereocenters. The van der Waals surface area contributed by atoms with Crippen LogP contribution in [0.1, 0.15) is 65.0 Å². The van der Waals surface area contributed by atoms with Gasteiger partial charge in [0, 0.05) is 23.7 Å². The summed E-state index contributed by atoms with van der Waals surface area (Å²) in [6, 6.07) is 14.2. The molecule has 0 fully saturated rings. The molecule has 5 nitrogen and oxygen atoms in total. The van der Waals surface area contributed by atoms with Crippen LogP contribution in [0.3, 0.4) is 0 Å². The molecule has 0 spiro atoms. The fourth-order valence-electron chi connectivity index (χ4n) is 2.99. The van der Waals surface area contributed by atoms with Gasteiger partial charge in [0.25, 0.3) is 0 Å². The number of hydrogen-bond acceptors (Lipinski definition) is 3. The topological polar surface area (TPSA) is 78.4 Å². The van der Waals surface area contributed by atoms with Gasteiger partial charge in [-0.15, -0.1) is 0 Å². The van der Waals surface area contributed by atoms with Crippen LogP contribution in [0.25, 0.3) is 0 Å². The summed E-state index contributed by atoms with van der Waals surface area (Å²) >= 11 is 5.81. The molecule has 0 bridgehead atoms. The molecule has 0 aromatic heterocycles. The van der Waals surface area contributed by atoms with E-state index in [1.54, 1.807) is 31.2 Å². The van der Waals surface area contributed by atoms with Crippen LogP contribution in [-0.4, -0.2) is 22.5 Å². The van der Waals surface area contributed by atoms with Crippen molar-refractivity contribution in [3.05, 3.63) is 64.7 Å². The highest BCUT2D eigenvalue weighted by molar-refractivity contribution is 6.30. The first-order chi connectivity index (χ1) is 15.0. The molecule has 2 rings (SSSR count). The van der Waals surface area contributed by atoms with Crippen molar-refractivity contribution in [1.29, 1.82) is 0 Å². The van der Waals surface area contributed by atoms with Gasteiger partial charge in [-0.3, -0.25) is 4.79 Å². The Labute approximate surface area is 197 Å². The lowest BCUT2D eigenvalue weighted by Crippen LogP contribution is -2.28. The summed E-state index contributed by atoms with van der Waals surface area (Å²) in [5.41, 5.74) is 2.15. The maximum Gasteiger partial charge on any atom is 0.319 e. The Morgan fingerprint density at radius 3 is 2.09 bits per heavy atom. The zero-order valence-electron chi connectivity index (χ0n) is 19.9. The summed E-state index contributed by atoms with van der Waals surface area (Å²) in [5.74, 6) is 0.761. The quantitative estimate of drug-likeness (QED) is 0.406. The number of aliphatic hydroxyl groups is 1. The third-order valence-corrected chi connectivity index (χ3v) is 5.53. The van der Waals surface area contributed by atoms with Crippen LogP contribution in [0.4, 0.5) is 10.5 Å². The van der Waals surface area contributed by atoms with Gasteiger partial charge in [-0.25, -0.2) is 4.79 Å². The lowest BCUT2D eigenvalue weighted by molar-refractivity contribution is -0.116. The maximum atomic E-state index is 11.8. The first-order valence-corrected chi connectivity index (χ1v) is 11.5. The van der Waals surface area contributed by atoms with Crippen LogP contribution in [0.5, 0.6) is 0 Å². The molecule has 0 aliphatic rings. The molecule has 0 radical (unpaired) electrons. The number of halogens is 1. The SMILES string of the molecule is CC(=O)Cc1ccc(NC(=O)NCc2ccc(Cl)cc2)cc1.CCC(C)CC(C)(O)CC. The summed E-state index contributed by atoms with van der Waals surface area (Å²) < 4.78 is 0. The highest BCUT2D eigenvalue weighted by Crippen LogP contribution is 2.21. The van der Waals surface area contributed by atoms with Crippen molar-refractivity contribution >= 4 is 29.1 Å². The van der Waals surface area contributed by atoms with E-state index in [1.165, 1.54) is 0 Å². The Morgan fingerprint density at radius 2 is 1.59 bits per heavy atom. The molecule has 0 heterocycles. The molecule has 2 amide bonds. The largest absolute Gasteiger partial charge is 0.390 e. The number of Topliss-reactive ketones (excluding diaryl/α,β-unsaturated/α-hetero) is 1. The van der Waals surface area contributed by atoms with Gasteiger partial charge < -0.3 is 15.7 Å². The summed E-state index contributed by atoms with van der Waals surface area (Å²) in [6.45, 7) is 10.3. The predicted molar refractivity (Wildman–Crippen MR) is 133 cm³/mol. The monoisotopic (exact) mass is 460 g/mol. The zero-order chi connectivity index (χ0) is 24.1. The number of nitrogens with one attached hydrogen (secondary N) is 2. The minimum Gasteiger partial charge on any atom is -0.390 e. The van der Waals surface area contributed by atoms with Gasteiger partial charge in [-0.05, 0) is 68.0 Å². The van der Waals surface area contributed by atoms with Crippen LogP contribution in [0.15, 0.2) is 48.5 Å². The minimum atomic E-state index is -0.435. The highest BCUT2D eigenvalue weighted by Gasteiger charge is 2.19. The maximum absolute atomic E-state index is 11.8. The summed E-state index contributed by atoms with van der Waals surface area (Å²) in [6.07, 6.45) is 3.36. The van der Waals surface area contributed by atoms with E-state index >= 15 is 0 Å². The third kappa shape index (κ3) is 11.9. The van der Waals surface area contributed by atoms with E-state index in [1.807, 2.05) is 38.1 Å². The van der Waals surface area contributed by atoms with Gasteiger partial charge >= 0.3 is 6.03 Å². The normalized spacial score (nSPS) is 13.2. The van der Waals surface area contributed by atoms with Crippen LogP contribution in [0, 0.1) is 5.92 Å². The third-order valence-electron chi connectivity index (χ3n) is 5.28. The van der Waals surface area contributed by atoms with Crippen molar-refractivity contribution in [3.8, 4) is 0 Å². The molecular formula is C26H37ClN2O3. The van der Waals surface area contributed by atoms with Gasteiger partial charge in [0.1, 0.15) is 5.78 Å². The van der Waals surface area contributed by atoms with E-state index in [0.29, 0.717) is 29.6 Å². The van der Waals surface area contributed by atoms with Gasteiger partial charge in [0.15, 0.2) is 0 Å². The molecule has 6 heteroatoms. The number of rotatable bonds is 9. The Kier molecular flexibility index (Phi) is 12.0. The predicted octanol–water partition coefficient (Wildman–Crippen LogP) is 6.38. The Hall–Kier alpha value is -2.37. The van der Waals surface area contributed by atoms with E-state index in [-0.39, 0.29) is 11.8 Å². The zero-order valence-corrected chi connectivity index (χ0v) is 20.6. The molecule has 0 saturated carbocycles. The average molecular weight is 461 g/mol. The van der Waals surface area contributed by atoms with Crippen LogP contribution < -0.4 is 10.6 Å². The van der Waals surface area contributed by atoms with Crippen molar-refractivity contribution in [2.75, 3.05) is 5.32 Å². The smallest absolute Gasteiger partial charge is 0.319 e. The molecule has 32 heavy (non-hydrogen) atoms. The van der Waals surface area contributed by atoms with Crippen LogP contribution in [-0.2, 0) is 17.8 Å². The standard InChI is InChI=1S/C17H17ClN2O2.C9H20O/c1-12(21)10-13-4-8-16(9-5-13)20-17(22)19-11-14-2-6-15(18)7-3-14;1-5-8(3)7-9(4,10)6-2/h2-9H,10-11H2,1H3,(H2,19,20,22);8,10H,5-7H2,1-4H3. The van der Waals surface area contributed by atoms with Gasteiger partial charge in [0.2, 0.25) is 0 Å². The van der Waals surface area contributed by atoms with E-state index in [4.69, 9.17) is 11.6 Å². The molecule has 2 aromatic rings. The van der Waals surface area contributed by atoms with Gasteiger partial charge in [0.05, 0.1) is 5.60 Å². The number of amides is 2. The van der Waals surface area contributed by atoms with Gasteiger partial charge in [-0.2, -0.15) is 0 Å². The molecule has 0 saturated heterocycles. The second kappa shape index (κ2) is 13.9. The fraction of sp³-hybridized carbons (Fsp3) is 0.462. The van der Waals surface area contributed by atoms with E-state index in [9.17, 15) is 14.7 Å². The minimum absolute atomic E-state index is 0.112. The Bertz CT molecular complexity index is 833. The lowest BCUT2D eigenvalue weighted by Gasteiger charge is -2.24. The number of urea groups is 1. The first-order valence-electron chi connectivity index (χ1n) is 11.1. The van der Waals surface area contributed by atoms with E-state index in [0.717, 1.165) is 30.4 Å².